The van der Waals surface area contributed by atoms with Crippen LogP contribution in [0.4, 0.5) is 0 Å². The van der Waals surface area contributed by atoms with Crippen LogP contribution in [-0.2, 0) is 16.4 Å². The topological polar surface area (TPSA) is 58.2 Å². The molecular weight excluding hydrogens is 284 g/mol. The number of rotatable bonds is 5. The monoisotopic (exact) mass is 304 g/mol. The van der Waals surface area contributed by atoms with E-state index < -0.39 is 10.0 Å². The van der Waals surface area contributed by atoms with E-state index >= 15 is 0 Å². The van der Waals surface area contributed by atoms with E-state index in [0.717, 1.165) is 31.5 Å². The number of nitrogens with one attached hydrogen (secondary N) is 2. The van der Waals surface area contributed by atoms with Crippen molar-refractivity contribution in [2.45, 2.75) is 25.3 Å². The summed E-state index contributed by atoms with van der Waals surface area (Å²) in [6.07, 6.45) is 2.53. The van der Waals surface area contributed by atoms with Crippen LogP contribution in [0.5, 0.6) is 0 Å². The average molecular weight is 305 g/mol. The molecule has 0 bridgehead atoms. The van der Waals surface area contributed by atoms with E-state index in [9.17, 15) is 8.42 Å². The van der Waals surface area contributed by atoms with Crippen LogP contribution in [0.25, 0.3) is 0 Å². The summed E-state index contributed by atoms with van der Waals surface area (Å²) in [5, 5.41) is 3.20. The van der Waals surface area contributed by atoms with Gasteiger partial charge in [0.25, 0.3) is 0 Å². The maximum atomic E-state index is 11.9. The molecule has 0 saturated carbocycles. The zero-order valence-corrected chi connectivity index (χ0v) is 12.5. The zero-order chi connectivity index (χ0) is 12.8. The molecule has 2 N–H and O–H groups in total. The molecular formula is C13H21ClN2O2S. The van der Waals surface area contributed by atoms with Gasteiger partial charge in [-0.15, -0.1) is 12.4 Å². The van der Waals surface area contributed by atoms with Crippen LogP contribution in [0, 0.1) is 0 Å². The second kappa shape index (κ2) is 7.85. The number of aryl methyl sites for hydroxylation is 1. The van der Waals surface area contributed by atoms with Crippen molar-refractivity contribution < 1.29 is 8.42 Å². The van der Waals surface area contributed by atoms with Gasteiger partial charge in [-0.1, -0.05) is 30.3 Å². The van der Waals surface area contributed by atoms with Gasteiger partial charge in [0.2, 0.25) is 10.0 Å². The summed E-state index contributed by atoms with van der Waals surface area (Å²) in [6, 6.07) is 9.76. The molecule has 1 aliphatic heterocycles. The lowest BCUT2D eigenvalue weighted by Gasteiger charge is -2.23. The molecule has 0 aliphatic carbocycles. The van der Waals surface area contributed by atoms with E-state index in [2.05, 4.69) is 10.0 Å². The quantitative estimate of drug-likeness (QED) is 0.862. The Morgan fingerprint density at radius 2 is 2.00 bits per heavy atom. The largest absolute Gasteiger partial charge is 0.315 e. The number of benzene rings is 1. The summed E-state index contributed by atoms with van der Waals surface area (Å²) in [5.41, 5.74) is 1.06. The smallest absolute Gasteiger partial charge is 0.212 e. The fraction of sp³-hybridized carbons (Fsp3) is 0.538. The lowest BCUT2D eigenvalue weighted by Crippen LogP contribution is -2.46. The maximum absolute atomic E-state index is 11.9. The van der Waals surface area contributed by atoms with Gasteiger partial charge in [-0.25, -0.2) is 13.1 Å². The van der Waals surface area contributed by atoms with Crippen molar-refractivity contribution in [3.63, 3.8) is 0 Å². The van der Waals surface area contributed by atoms with Crippen LogP contribution < -0.4 is 10.0 Å². The van der Waals surface area contributed by atoms with Crippen molar-refractivity contribution >= 4 is 22.4 Å². The van der Waals surface area contributed by atoms with E-state index in [1.807, 2.05) is 30.3 Å². The molecule has 1 saturated heterocycles. The molecule has 0 radical (unpaired) electrons. The van der Waals surface area contributed by atoms with Gasteiger partial charge in [-0.05, 0) is 31.4 Å². The van der Waals surface area contributed by atoms with Gasteiger partial charge in [0.05, 0.1) is 5.75 Å². The van der Waals surface area contributed by atoms with E-state index in [0.29, 0.717) is 6.42 Å². The highest BCUT2D eigenvalue weighted by molar-refractivity contribution is 7.89. The molecule has 0 spiro atoms. The molecule has 108 valence electrons. The zero-order valence-electron chi connectivity index (χ0n) is 10.8. The second-order valence-electron chi connectivity index (χ2n) is 4.72. The van der Waals surface area contributed by atoms with Crippen molar-refractivity contribution in [1.82, 2.24) is 10.0 Å². The van der Waals surface area contributed by atoms with Crippen molar-refractivity contribution in [3.8, 4) is 0 Å². The van der Waals surface area contributed by atoms with Crippen LogP contribution in [0.2, 0.25) is 0 Å². The van der Waals surface area contributed by atoms with Gasteiger partial charge < -0.3 is 5.32 Å². The van der Waals surface area contributed by atoms with Crippen molar-refractivity contribution in [3.05, 3.63) is 35.9 Å². The van der Waals surface area contributed by atoms with E-state index in [-0.39, 0.29) is 24.2 Å². The van der Waals surface area contributed by atoms with Crippen molar-refractivity contribution in [1.29, 1.82) is 0 Å². The van der Waals surface area contributed by atoms with Gasteiger partial charge in [-0.2, -0.15) is 0 Å². The van der Waals surface area contributed by atoms with Crippen LogP contribution in [0.3, 0.4) is 0 Å². The summed E-state index contributed by atoms with van der Waals surface area (Å²) in [7, 11) is -3.17. The molecule has 1 atom stereocenters. The van der Waals surface area contributed by atoms with E-state index in [1.165, 1.54) is 0 Å². The minimum Gasteiger partial charge on any atom is -0.315 e. The molecule has 19 heavy (non-hydrogen) atoms. The Balaban J connectivity index is 0.00000180. The maximum Gasteiger partial charge on any atom is 0.212 e. The fourth-order valence-electron chi connectivity index (χ4n) is 2.16. The summed E-state index contributed by atoms with van der Waals surface area (Å²) in [5.74, 6) is 0.160. The van der Waals surface area contributed by atoms with E-state index in [4.69, 9.17) is 0 Å². The van der Waals surface area contributed by atoms with Crippen LogP contribution in [0.15, 0.2) is 30.3 Å². The van der Waals surface area contributed by atoms with Gasteiger partial charge in [0.15, 0.2) is 0 Å². The number of hydrogen-bond donors (Lipinski definition) is 2. The molecule has 1 fully saturated rings. The molecule has 6 heteroatoms. The van der Waals surface area contributed by atoms with Crippen LogP contribution in [0.1, 0.15) is 18.4 Å². The molecule has 0 aromatic heterocycles. The highest BCUT2D eigenvalue weighted by Crippen LogP contribution is 2.05. The lowest BCUT2D eigenvalue weighted by molar-refractivity contribution is 0.428. The average Bonchev–Trinajstić information content (AvgIpc) is 2.38. The van der Waals surface area contributed by atoms with Gasteiger partial charge in [-0.3, -0.25) is 0 Å². The van der Waals surface area contributed by atoms with Crippen molar-refractivity contribution in [2.75, 3.05) is 18.8 Å². The van der Waals surface area contributed by atoms with Crippen molar-refractivity contribution in [2.24, 2.45) is 0 Å². The fourth-order valence-corrected chi connectivity index (χ4v) is 3.49. The highest BCUT2D eigenvalue weighted by Gasteiger charge is 2.19. The van der Waals surface area contributed by atoms with E-state index in [1.54, 1.807) is 0 Å². The third-order valence-corrected chi connectivity index (χ3v) is 4.58. The van der Waals surface area contributed by atoms with Crippen LogP contribution >= 0.6 is 12.4 Å². The Hall–Kier alpha value is -0.620. The first-order chi connectivity index (χ1) is 8.66. The minimum atomic E-state index is -3.17. The van der Waals surface area contributed by atoms with Crippen LogP contribution in [-0.4, -0.2) is 33.3 Å². The number of halogens is 1. The summed E-state index contributed by atoms with van der Waals surface area (Å²) >= 11 is 0. The Morgan fingerprint density at radius 1 is 1.26 bits per heavy atom. The normalized spacial score (nSPS) is 19.7. The first-order valence-electron chi connectivity index (χ1n) is 6.40. The molecule has 1 aliphatic rings. The second-order valence-corrected chi connectivity index (χ2v) is 6.59. The Kier molecular flexibility index (Phi) is 6.79. The Labute approximate surface area is 121 Å². The molecule has 0 amide bonds. The SMILES string of the molecule is Cl.O=S(=O)(CCc1ccccc1)N[C@@H]1CCCNC1. The van der Waals surface area contributed by atoms with Gasteiger partial charge in [0.1, 0.15) is 0 Å². The minimum absolute atomic E-state index is 0. The first-order valence-corrected chi connectivity index (χ1v) is 8.05. The van der Waals surface area contributed by atoms with Gasteiger partial charge in [0, 0.05) is 12.6 Å². The lowest BCUT2D eigenvalue weighted by atomic mass is 10.1. The number of piperidine rings is 1. The number of sulfonamides is 1. The molecule has 0 unspecified atom stereocenters. The first kappa shape index (κ1) is 16.4. The molecule has 1 aromatic carbocycles. The number of hydrogen-bond acceptors (Lipinski definition) is 3. The third-order valence-electron chi connectivity index (χ3n) is 3.15. The summed E-state index contributed by atoms with van der Waals surface area (Å²) in [4.78, 5) is 0. The Bertz CT molecular complexity index is 459. The Morgan fingerprint density at radius 3 is 2.63 bits per heavy atom. The molecule has 4 nitrogen and oxygen atoms in total. The third kappa shape index (κ3) is 5.91. The predicted molar refractivity (Wildman–Crippen MR) is 80.2 cm³/mol. The highest BCUT2D eigenvalue weighted by atomic mass is 35.5. The summed E-state index contributed by atoms with van der Waals surface area (Å²) < 4.78 is 26.6. The predicted octanol–water partition coefficient (Wildman–Crippen LogP) is 1.32. The standard InChI is InChI=1S/C13H20N2O2S.ClH/c16-18(17,15-13-7-4-9-14-11-13)10-8-12-5-2-1-3-6-12;/h1-3,5-6,13-15H,4,7-11H2;1H/t13-;/m1./s1. The molecule has 1 heterocycles. The summed E-state index contributed by atoms with van der Waals surface area (Å²) in [6.45, 7) is 1.73. The molecule has 2 rings (SSSR count). The molecule has 1 aromatic rings. The van der Waals surface area contributed by atoms with Gasteiger partial charge >= 0.3 is 0 Å².